The number of carbonyl (C=O) groups is 2. The number of primary sulfonamides is 1. The van der Waals surface area contributed by atoms with Gasteiger partial charge < -0.3 is 4.74 Å². The first-order valence-electron chi connectivity index (χ1n) is 6.92. The summed E-state index contributed by atoms with van der Waals surface area (Å²) in [7, 11) is -4.14. The lowest BCUT2D eigenvalue weighted by Crippen LogP contribution is -2.25. The van der Waals surface area contributed by atoms with Crippen LogP contribution in [0, 0.1) is 11.6 Å². The SMILES string of the molecule is C[C@H](OC(=O)c1cc(S(N)(=O)=O)ccc1F)C(=O)c1ccc(F)cc1. The Hall–Kier alpha value is -2.65. The van der Waals surface area contributed by atoms with Gasteiger partial charge in [-0.2, -0.15) is 0 Å². The molecule has 0 saturated heterocycles. The molecule has 0 fully saturated rings. The van der Waals surface area contributed by atoms with Crippen LogP contribution in [-0.4, -0.2) is 26.3 Å². The summed E-state index contributed by atoms with van der Waals surface area (Å²) in [5.74, 6) is -3.43. The van der Waals surface area contributed by atoms with Crippen LogP contribution in [0.4, 0.5) is 8.78 Å². The van der Waals surface area contributed by atoms with E-state index in [1.54, 1.807) is 0 Å². The van der Waals surface area contributed by atoms with E-state index in [2.05, 4.69) is 0 Å². The van der Waals surface area contributed by atoms with E-state index in [0.717, 1.165) is 30.3 Å². The lowest BCUT2D eigenvalue weighted by Gasteiger charge is -2.13. The molecule has 9 heteroatoms. The van der Waals surface area contributed by atoms with Crippen molar-refractivity contribution in [3.05, 3.63) is 65.2 Å². The maximum absolute atomic E-state index is 13.8. The summed E-state index contributed by atoms with van der Waals surface area (Å²) in [4.78, 5) is 23.7. The summed E-state index contributed by atoms with van der Waals surface area (Å²) >= 11 is 0. The Morgan fingerprint density at radius 2 is 1.68 bits per heavy atom. The third kappa shape index (κ3) is 4.46. The highest BCUT2D eigenvalue weighted by Crippen LogP contribution is 2.17. The summed E-state index contributed by atoms with van der Waals surface area (Å²) in [5.41, 5.74) is -0.578. The summed E-state index contributed by atoms with van der Waals surface area (Å²) in [5, 5.41) is 4.93. The topological polar surface area (TPSA) is 104 Å². The minimum Gasteiger partial charge on any atom is -0.451 e. The lowest BCUT2D eigenvalue weighted by molar-refractivity contribution is 0.0314. The molecule has 0 spiro atoms. The zero-order valence-electron chi connectivity index (χ0n) is 12.9. The van der Waals surface area contributed by atoms with Crippen LogP contribution in [0.3, 0.4) is 0 Å². The maximum atomic E-state index is 13.8. The fraction of sp³-hybridized carbons (Fsp3) is 0.125. The molecular weight excluding hydrogens is 356 g/mol. The number of ketones is 1. The van der Waals surface area contributed by atoms with E-state index in [1.165, 1.54) is 19.1 Å². The van der Waals surface area contributed by atoms with Gasteiger partial charge in [-0.15, -0.1) is 0 Å². The number of halogens is 2. The predicted molar refractivity (Wildman–Crippen MR) is 83.4 cm³/mol. The third-order valence-electron chi connectivity index (χ3n) is 3.27. The number of esters is 1. The van der Waals surface area contributed by atoms with E-state index in [-0.39, 0.29) is 5.56 Å². The smallest absolute Gasteiger partial charge is 0.341 e. The van der Waals surface area contributed by atoms with Crippen molar-refractivity contribution in [3.63, 3.8) is 0 Å². The average molecular weight is 369 g/mol. The van der Waals surface area contributed by atoms with Crippen LogP contribution in [0.5, 0.6) is 0 Å². The zero-order chi connectivity index (χ0) is 18.8. The zero-order valence-corrected chi connectivity index (χ0v) is 13.7. The monoisotopic (exact) mass is 369 g/mol. The van der Waals surface area contributed by atoms with E-state index in [9.17, 15) is 26.8 Å². The second-order valence-corrected chi connectivity index (χ2v) is 6.67. The van der Waals surface area contributed by atoms with Crippen LogP contribution in [0.15, 0.2) is 47.4 Å². The predicted octanol–water partition coefficient (Wildman–Crippen LogP) is 2.04. The fourth-order valence-corrected chi connectivity index (χ4v) is 2.50. The Morgan fingerprint density at radius 3 is 2.24 bits per heavy atom. The third-order valence-corrected chi connectivity index (χ3v) is 4.18. The molecule has 0 aliphatic carbocycles. The number of sulfonamides is 1. The Bertz CT molecular complexity index is 926. The van der Waals surface area contributed by atoms with Crippen molar-refractivity contribution in [1.82, 2.24) is 0 Å². The molecule has 0 aliphatic rings. The highest BCUT2D eigenvalue weighted by atomic mass is 32.2. The highest BCUT2D eigenvalue weighted by molar-refractivity contribution is 7.89. The average Bonchev–Trinajstić information content (AvgIpc) is 2.54. The van der Waals surface area contributed by atoms with Gasteiger partial charge in [-0.1, -0.05) is 0 Å². The van der Waals surface area contributed by atoms with Crippen LogP contribution >= 0.6 is 0 Å². The van der Waals surface area contributed by atoms with Gasteiger partial charge in [0.15, 0.2) is 6.10 Å². The van der Waals surface area contributed by atoms with Crippen LogP contribution in [0.25, 0.3) is 0 Å². The molecule has 2 rings (SSSR count). The molecule has 132 valence electrons. The molecule has 6 nitrogen and oxygen atoms in total. The molecule has 25 heavy (non-hydrogen) atoms. The number of carbonyl (C=O) groups excluding carboxylic acids is 2. The number of rotatable bonds is 5. The molecular formula is C16H13F2NO5S. The van der Waals surface area contributed by atoms with E-state index in [4.69, 9.17) is 9.88 Å². The van der Waals surface area contributed by atoms with E-state index < -0.39 is 50.0 Å². The number of nitrogens with two attached hydrogens (primary N) is 1. The molecule has 0 bridgehead atoms. The Labute approximate surface area is 142 Å². The molecule has 0 amide bonds. The fourth-order valence-electron chi connectivity index (χ4n) is 1.96. The lowest BCUT2D eigenvalue weighted by atomic mass is 10.1. The Balaban J connectivity index is 2.21. The molecule has 2 aromatic rings. The molecule has 1 atom stereocenters. The first-order valence-corrected chi connectivity index (χ1v) is 8.47. The Morgan fingerprint density at radius 1 is 1.08 bits per heavy atom. The molecule has 2 aromatic carbocycles. The van der Waals surface area contributed by atoms with Crippen LogP contribution in [0.1, 0.15) is 27.6 Å². The standard InChI is InChI=1S/C16H13F2NO5S/c1-9(15(20)10-2-4-11(17)5-3-10)24-16(21)13-8-12(25(19,22)23)6-7-14(13)18/h2-9H,1H3,(H2,19,22,23)/t9-/m0/s1. The van der Waals surface area contributed by atoms with Gasteiger partial charge in [0.05, 0.1) is 10.5 Å². The van der Waals surface area contributed by atoms with Crippen molar-refractivity contribution in [2.75, 3.05) is 0 Å². The molecule has 0 saturated carbocycles. The van der Waals surface area contributed by atoms with E-state index in [0.29, 0.717) is 0 Å². The molecule has 0 heterocycles. The van der Waals surface area contributed by atoms with Crippen LogP contribution in [0.2, 0.25) is 0 Å². The maximum Gasteiger partial charge on any atom is 0.341 e. The number of ether oxygens (including phenoxy) is 1. The minimum atomic E-state index is -4.14. The quantitative estimate of drug-likeness (QED) is 0.642. The number of Topliss-reactive ketones (excluding diaryl/α,β-unsaturated/α-hetero) is 1. The van der Waals surface area contributed by atoms with Gasteiger partial charge >= 0.3 is 5.97 Å². The summed E-state index contributed by atoms with van der Waals surface area (Å²) < 4.78 is 54.1. The van der Waals surface area contributed by atoms with Crippen LogP contribution < -0.4 is 5.14 Å². The van der Waals surface area contributed by atoms with Crippen molar-refractivity contribution in [2.24, 2.45) is 5.14 Å². The van der Waals surface area contributed by atoms with E-state index >= 15 is 0 Å². The molecule has 2 N–H and O–H groups in total. The van der Waals surface area contributed by atoms with Crippen molar-refractivity contribution >= 4 is 21.8 Å². The van der Waals surface area contributed by atoms with Crippen molar-refractivity contribution in [3.8, 4) is 0 Å². The summed E-state index contributed by atoms with van der Waals surface area (Å²) in [6.07, 6.45) is -1.30. The van der Waals surface area contributed by atoms with Crippen molar-refractivity contribution < 1.29 is 31.5 Å². The largest absolute Gasteiger partial charge is 0.451 e. The van der Waals surface area contributed by atoms with Crippen molar-refractivity contribution in [2.45, 2.75) is 17.9 Å². The minimum absolute atomic E-state index is 0.0976. The molecule has 0 radical (unpaired) electrons. The van der Waals surface area contributed by atoms with Crippen molar-refractivity contribution in [1.29, 1.82) is 0 Å². The van der Waals surface area contributed by atoms with E-state index in [1.807, 2.05) is 0 Å². The first-order chi connectivity index (χ1) is 11.6. The van der Waals surface area contributed by atoms with Gasteiger partial charge in [0, 0.05) is 5.56 Å². The summed E-state index contributed by atoms with van der Waals surface area (Å²) in [6.45, 7) is 1.25. The normalized spacial score (nSPS) is 12.5. The summed E-state index contributed by atoms with van der Waals surface area (Å²) in [6, 6.07) is 6.93. The van der Waals surface area contributed by atoms with Gasteiger partial charge in [0.1, 0.15) is 11.6 Å². The second kappa shape index (κ2) is 7.08. The highest BCUT2D eigenvalue weighted by Gasteiger charge is 2.23. The van der Waals surface area contributed by atoms with Gasteiger partial charge in [0.25, 0.3) is 0 Å². The van der Waals surface area contributed by atoms with Gasteiger partial charge in [-0.25, -0.2) is 27.1 Å². The number of hydrogen-bond donors (Lipinski definition) is 1. The molecule has 0 aliphatic heterocycles. The second-order valence-electron chi connectivity index (χ2n) is 5.11. The number of benzene rings is 2. The molecule has 0 aromatic heterocycles. The Kier molecular flexibility index (Phi) is 5.29. The van der Waals surface area contributed by atoms with Gasteiger partial charge in [0.2, 0.25) is 15.8 Å². The first kappa shape index (κ1) is 18.7. The molecule has 0 unspecified atom stereocenters. The van der Waals surface area contributed by atoms with Gasteiger partial charge in [-0.05, 0) is 49.4 Å². The van der Waals surface area contributed by atoms with Crippen LogP contribution in [-0.2, 0) is 14.8 Å². The number of hydrogen-bond acceptors (Lipinski definition) is 5. The van der Waals surface area contributed by atoms with Gasteiger partial charge in [-0.3, -0.25) is 4.79 Å².